The molecular formula is C19H33N5O2. The van der Waals surface area contributed by atoms with Crippen LogP contribution in [0.3, 0.4) is 0 Å². The zero-order chi connectivity index (χ0) is 19.0. The minimum atomic E-state index is -0.450. The summed E-state index contributed by atoms with van der Waals surface area (Å²) in [5, 5.41) is 6.70. The standard InChI is InChI=1S/C19H33N5O2/c1-19(2,3)26-18(25)24-12-7-8-16(15-24)14-22-17(20-4)21-9-13-23-10-5-6-11-23/h5-6,10-11,16H,7-9,12-15H2,1-4H3,(H2,20,21,22). The van der Waals surface area contributed by atoms with Crippen molar-refractivity contribution >= 4 is 12.1 Å². The van der Waals surface area contributed by atoms with Gasteiger partial charge < -0.3 is 24.8 Å². The van der Waals surface area contributed by atoms with E-state index in [0.717, 1.165) is 51.5 Å². The third-order valence-electron chi connectivity index (χ3n) is 4.28. The number of carbonyl (C=O) groups is 1. The molecule has 1 amide bonds. The molecule has 2 heterocycles. The molecule has 1 aliphatic rings. The minimum absolute atomic E-state index is 0.212. The fourth-order valence-electron chi connectivity index (χ4n) is 3.01. The monoisotopic (exact) mass is 363 g/mol. The number of piperidine rings is 1. The predicted octanol–water partition coefficient (Wildman–Crippen LogP) is 2.30. The number of ether oxygens (including phenoxy) is 1. The SMILES string of the molecule is CN=C(NCCn1cccc1)NCC1CCCN(C(=O)OC(C)(C)C)C1. The van der Waals surface area contributed by atoms with Crippen molar-refractivity contribution in [1.29, 1.82) is 0 Å². The second-order valence-electron chi connectivity index (χ2n) is 7.74. The molecule has 1 aromatic heterocycles. The predicted molar refractivity (Wildman–Crippen MR) is 104 cm³/mol. The van der Waals surface area contributed by atoms with Gasteiger partial charge >= 0.3 is 6.09 Å². The molecule has 0 aromatic carbocycles. The molecule has 1 fully saturated rings. The largest absolute Gasteiger partial charge is 0.444 e. The average Bonchev–Trinajstić information content (AvgIpc) is 3.10. The molecule has 1 unspecified atom stereocenters. The number of nitrogens with zero attached hydrogens (tertiary/aromatic N) is 3. The molecule has 0 spiro atoms. The Kier molecular flexibility index (Phi) is 7.36. The van der Waals surface area contributed by atoms with Crippen molar-refractivity contribution in [3.05, 3.63) is 24.5 Å². The van der Waals surface area contributed by atoms with Crippen molar-refractivity contribution < 1.29 is 9.53 Å². The first kappa shape index (κ1) is 20.1. The highest BCUT2D eigenvalue weighted by Crippen LogP contribution is 2.18. The van der Waals surface area contributed by atoms with Crippen LogP contribution in [-0.2, 0) is 11.3 Å². The first-order valence-electron chi connectivity index (χ1n) is 9.40. The number of aliphatic imine (C=N–C) groups is 1. The van der Waals surface area contributed by atoms with Gasteiger partial charge in [-0.05, 0) is 51.7 Å². The van der Waals surface area contributed by atoms with Gasteiger partial charge in [-0.3, -0.25) is 4.99 Å². The molecule has 0 bridgehead atoms. The maximum absolute atomic E-state index is 12.3. The summed E-state index contributed by atoms with van der Waals surface area (Å²) in [6.45, 7) is 9.69. The number of rotatable bonds is 5. The molecule has 1 saturated heterocycles. The van der Waals surface area contributed by atoms with Crippen LogP contribution < -0.4 is 10.6 Å². The molecule has 1 atom stereocenters. The van der Waals surface area contributed by atoms with Crippen molar-refractivity contribution in [3.8, 4) is 0 Å². The maximum atomic E-state index is 12.3. The van der Waals surface area contributed by atoms with E-state index in [1.807, 2.05) is 50.2 Å². The van der Waals surface area contributed by atoms with E-state index in [1.54, 1.807) is 7.05 Å². The molecule has 1 aliphatic heterocycles. The fourth-order valence-corrected chi connectivity index (χ4v) is 3.01. The van der Waals surface area contributed by atoms with E-state index in [2.05, 4.69) is 20.2 Å². The zero-order valence-corrected chi connectivity index (χ0v) is 16.5. The van der Waals surface area contributed by atoms with Crippen LogP contribution in [0.4, 0.5) is 4.79 Å². The molecule has 1 aromatic rings. The number of aromatic nitrogens is 1. The summed E-state index contributed by atoms with van der Waals surface area (Å²) < 4.78 is 7.61. The van der Waals surface area contributed by atoms with Gasteiger partial charge in [-0.1, -0.05) is 0 Å². The van der Waals surface area contributed by atoms with Gasteiger partial charge in [0, 0.05) is 52.2 Å². The van der Waals surface area contributed by atoms with Gasteiger partial charge in [0.05, 0.1) is 0 Å². The van der Waals surface area contributed by atoms with Crippen molar-refractivity contribution in [1.82, 2.24) is 20.1 Å². The Morgan fingerprint density at radius 1 is 1.27 bits per heavy atom. The number of hydrogen-bond donors (Lipinski definition) is 2. The lowest BCUT2D eigenvalue weighted by Crippen LogP contribution is -2.47. The van der Waals surface area contributed by atoms with E-state index in [-0.39, 0.29) is 6.09 Å². The van der Waals surface area contributed by atoms with E-state index >= 15 is 0 Å². The van der Waals surface area contributed by atoms with Gasteiger partial charge in [-0.25, -0.2) is 4.79 Å². The summed E-state index contributed by atoms with van der Waals surface area (Å²) in [5.74, 6) is 1.20. The third kappa shape index (κ3) is 6.98. The van der Waals surface area contributed by atoms with Gasteiger partial charge in [-0.15, -0.1) is 0 Å². The molecule has 0 radical (unpaired) electrons. The Balaban J connectivity index is 1.72. The first-order chi connectivity index (χ1) is 12.4. The van der Waals surface area contributed by atoms with Gasteiger partial charge in [0.15, 0.2) is 5.96 Å². The average molecular weight is 364 g/mol. The number of hydrogen-bond acceptors (Lipinski definition) is 3. The summed E-state index contributed by atoms with van der Waals surface area (Å²) in [6, 6.07) is 4.04. The van der Waals surface area contributed by atoms with Crippen molar-refractivity contribution in [2.45, 2.75) is 45.8 Å². The Labute approximate surface area is 156 Å². The number of nitrogens with one attached hydrogen (secondary N) is 2. The Morgan fingerprint density at radius 3 is 2.65 bits per heavy atom. The van der Waals surface area contributed by atoms with E-state index in [4.69, 9.17) is 4.74 Å². The molecule has 146 valence electrons. The quantitative estimate of drug-likeness (QED) is 0.622. The topological polar surface area (TPSA) is 70.9 Å². The lowest BCUT2D eigenvalue weighted by Gasteiger charge is -2.34. The Morgan fingerprint density at radius 2 is 2.00 bits per heavy atom. The molecule has 0 saturated carbocycles. The Bertz CT molecular complexity index is 577. The molecule has 7 nitrogen and oxygen atoms in total. The lowest BCUT2D eigenvalue weighted by atomic mass is 9.98. The summed E-state index contributed by atoms with van der Waals surface area (Å²) in [6.07, 6.45) is 5.99. The summed E-state index contributed by atoms with van der Waals surface area (Å²) in [7, 11) is 1.78. The number of likely N-dealkylation sites (tertiary alicyclic amines) is 1. The molecular weight excluding hydrogens is 330 g/mol. The summed E-state index contributed by atoms with van der Waals surface area (Å²) >= 11 is 0. The molecule has 26 heavy (non-hydrogen) atoms. The highest BCUT2D eigenvalue weighted by molar-refractivity contribution is 5.79. The van der Waals surface area contributed by atoms with E-state index in [0.29, 0.717) is 5.92 Å². The van der Waals surface area contributed by atoms with E-state index in [9.17, 15) is 4.79 Å². The molecule has 2 N–H and O–H groups in total. The lowest BCUT2D eigenvalue weighted by molar-refractivity contribution is 0.0168. The number of carbonyl (C=O) groups excluding carboxylic acids is 1. The van der Waals surface area contributed by atoms with Crippen LogP contribution in [0.5, 0.6) is 0 Å². The van der Waals surface area contributed by atoms with Gasteiger partial charge in [0.25, 0.3) is 0 Å². The van der Waals surface area contributed by atoms with Crippen LogP contribution in [0, 0.1) is 5.92 Å². The summed E-state index contributed by atoms with van der Waals surface area (Å²) in [5.41, 5.74) is -0.450. The van der Waals surface area contributed by atoms with E-state index in [1.165, 1.54) is 0 Å². The van der Waals surface area contributed by atoms with Crippen LogP contribution in [-0.4, -0.2) is 60.3 Å². The second kappa shape index (κ2) is 9.50. The van der Waals surface area contributed by atoms with Crippen molar-refractivity contribution in [2.75, 3.05) is 33.2 Å². The summed E-state index contributed by atoms with van der Waals surface area (Å²) in [4.78, 5) is 18.3. The van der Waals surface area contributed by atoms with Gasteiger partial charge in [0.2, 0.25) is 0 Å². The van der Waals surface area contributed by atoms with Crippen LogP contribution in [0.2, 0.25) is 0 Å². The van der Waals surface area contributed by atoms with Crippen molar-refractivity contribution in [2.24, 2.45) is 10.9 Å². The number of guanidine groups is 1. The molecule has 0 aliphatic carbocycles. The maximum Gasteiger partial charge on any atom is 0.410 e. The normalized spacial score (nSPS) is 18.5. The second-order valence-corrected chi connectivity index (χ2v) is 7.74. The van der Waals surface area contributed by atoms with Crippen LogP contribution in [0.15, 0.2) is 29.5 Å². The van der Waals surface area contributed by atoms with Crippen LogP contribution in [0.1, 0.15) is 33.6 Å². The molecule has 7 heteroatoms. The van der Waals surface area contributed by atoms with Gasteiger partial charge in [0.1, 0.15) is 5.60 Å². The highest BCUT2D eigenvalue weighted by atomic mass is 16.6. The molecule has 2 rings (SSSR count). The van der Waals surface area contributed by atoms with Crippen molar-refractivity contribution in [3.63, 3.8) is 0 Å². The van der Waals surface area contributed by atoms with Crippen LogP contribution in [0.25, 0.3) is 0 Å². The van der Waals surface area contributed by atoms with Crippen LogP contribution >= 0.6 is 0 Å². The zero-order valence-electron chi connectivity index (χ0n) is 16.5. The van der Waals surface area contributed by atoms with Gasteiger partial charge in [-0.2, -0.15) is 0 Å². The number of amides is 1. The minimum Gasteiger partial charge on any atom is -0.444 e. The van der Waals surface area contributed by atoms with E-state index < -0.39 is 5.60 Å². The third-order valence-corrected chi connectivity index (χ3v) is 4.28. The Hall–Kier alpha value is -2.18. The first-order valence-corrected chi connectivity index (χ1v) is 9.40. The fraction of sp³-hybridized carbons (Fsp3) is 0.684. The highest BCUT2D eigenvalue weighted by Gasteiger charge is 2.27. The smallest absolute Gasteiger partial charge is 0.410 e.